The van der Waals surface area contributed by atoms with Crippen molar-refractivity contribution in [2.75, 3.05) is 5.43 Å². The SMILES string of the molecule is Br.Brc1ccc(/C=N/Nc2nc(-c3ccccc3)cs2)cc1. The molecule has 0 aliphatic carbocycles. The van der Waals surface area contributed by atoms with Crippen LogP contribution in [0.2, 0.25) is 0 Å². The summed E-state index contributed by atoms with van der Waals surface area (Å²) in [4.78, 5) is 4.51. The number of thiazole rings is 1. The van der Waals surface area contributed by atoms with E-state index in [2.05, 4.69) is 31.4 Å². The standard InChI is InChI=1S/C16H12BrN3S.BrH/c17-14-8-6-12(7-9-14)10-18-20-16-19-15(11-21-16)13-4-2-1-3-5-13;/h1-11H,(H,19,20);1H/b18-10+;. The molecular formula is C16H13Br2N3S. The predicted octanol–water partition coefficient (Wildman–Crippen LogP) is 5.60. The van der Waals surface area contributed by atoms with Gasteiger partial charge in [0, 0.05) is 15.4 Å². The van der Waals surface area contributed by atoms with Crippen molar-refractivity contribution in [1.29, 1.82) is 0 Å². The number of rotatable bonds is 4. The summed E-state index contributed by atoms with van der Waals surface area (Å²) in [5.41, 5.74) is 6.07. The lowest BCUT2D eigenvalue weighted by Crippen LogP contribution is -1.90. The van der Waals surface area contributed by atoms with Crippen LogP contribution >= 0.6 is 44.2 Å². The number of halogens is 2. The molecule has 1 N–H and O–H groups in total. The number of aromatic nitrogens is 1. The van der Waals surface area contributed by atoms with Gasteiger partial charge in [-0.15, -0.1) is 28.3 Å². The summed E-state index contributed by atoms with van der Waals surface area (Å²) < 4.78 is 1.06. The van der Waals surface area contributed by atoms with E-state index in [9.17, 15) is 0 Å². The van der Waals surface area contributed by atoms with Crippen LogP contribution < -0.4 is 5.43 Å². The van der Waals surface area contributed by atoms with Crippen molar-refractivity contribution in [2.45, 2.75) is 0 Å². The molecule has 3 rings (SSSR count). The van der Waals surface area contributed by atoms with Crippen LogP contribution in [-0.4, -0.2) is 11.2 Å². The number of hydrogen-bond donors (Lipinski definition) is 1. The lowest BCUT2D eigenvalue weighted by Gasteiger charge is -1.96. The van der Waals surface area contributed by atoms with E-state index in [-0.39, 0.29) is 17.0 Å². The van der Waals surface area contributed by atoms with E-state index in [0.29, 0.717) is 0 Å². The Morgan fingerprint density at radius 1 is 1.05 bits per heavy atom. The molecule has 3 aromatic rings. The van der Waals surface area contributed by atoms with Crippen molar-refractivity contribution in [3.05, 3.63) is 70.0 Å². The first-order chi connectivity index (χ1) is 10.3. The minimum Gasteiger partial charge on any atom is -0.253 e. The van der Waals surface area contributed by atoms with Crippen LogP contribution in [0.4, 0.5) is 5.13 Å². The fraction of sp³-hybridized carbons (Fsp3) is 0. The Morgan fingerprint density at radius 2 is 1.77 bits per heavy atom. The molecule has 0 fully saturated rings. The molecule has 0 saturated heterocycles. The third kappa shape index (κ3) is 4.50. The van der Waals surface area contributed by atoms with E-state index >= 15 is 0 Å². The van der Waals surface area contributed by atoms with Crippen molar-refractivity contribution in [3.63, 3.8) is 0 Å². The van der Waals surface area contributed by atoms with Crippen molar-refractivity contribution in [3.8, 4) is 11.3 Å². The van der Waals surface area contributed by atoms with Gasteiger partial charge in [-0.1, -0.05) is 58.4 Å². The summed E-state index contributed by atoms with van der Waals surface area (Å²) in [5, 5.41) is 7.01. The minimum absolute atomic E-state index is 0. The molecule has 0 unspecified atom stereocenters. The molecule has 6 heteroatoms. The number of benzene rings is 2. The largest absolute Gasteiger partial charge is 0.253 e. The van der Waals surface area contributed by atoms with Gasteiger partial charge in [0.25, 0.3) is 0 Å². The van der Waals surface area contributed by atoms with Crippen molar-refractivity contribution < 1.29 is 0 Å². The molecule has 0 atom stereocenters. The predicted molar refractivity (Wildman–Crippen MR) is 103 cm³/mol. The topological polar surface area (TPSA) is 37.3 Å². The average molecular weight is 439 g/mol. The van der Waals surface area contributed by atoms with Crippen LogP contribution in [0.25, 0.3) is 11.3 Å². The Kier molecular flexibility index (Phi) is 6.30. The maximum absolute atomic E-state index is 4.51. The fourth-order valence-electron chi connectivity index (χ4n) is 1.78. The van der Waals surface area contributed by atoms with Gasteiger partial charge >= 0.3 is 0 Å². The normalized spacial score (nSPS) is 10.4. The van der Waals surface area contributed by atoms with Crippen molar-refractivity contribution in [1.82, 2.24) is 4.98 Å². The summed E-state index contributed by atoms with van der Waals surface area (Å²) in [5.74, 6) is 0. The molecule has 22 heavy (non-hydrogen) atoms. The number of hydrogen-bond acceptors (Lipinski definition) is 4. The van der Waals surface area contributed by atoms with Gasteiger partial charge in [-0.05, 0) is 17.7 Å². The van der Waals surface area contributed by atoms with E-state index in [1.54, 1.807) is 6.21 Å². The molecule has 0 aliphatic heterocycles. The van der Waals surface area contributed by atoms with Crippen LogP contribution in [0.5, 0.6) is 0 Å². The second-order valence-electron chi connectivity index (χ2n) is 4.33. The molecule has 1 heterocycles. The molecule has 0 spiro atoms. The van der Waals surface area contributed by atoms with Gasteiger partial charge in [0.05, 0.1) is 11.9 Å². The van der Waals surface area contributed by atoms with Crippen molar-refractivity contribution in [2.24, 2.45) is 5.10 Å². The molecule has 0 radical (unpaired) electrons. The van der Waals surface area contributed by atoms with E-state index in [0.717, 1.165) is 26.4 Å². The molecule has 0 aliphatic rings. The highest BCUT2D eigenvalue weighted by atomic mass is 79.9. The van der Waals surface area contributed by atoms with Crippen molar-refractivity contribution >= 4 is 55.6 Å². The Balaban J connectivity index is 0.00000176. The first-order valence-electron chi connectivity index (χ1n) is 6.37. The molecule has 3 nitrogen and oxygen atoms in total. The van der Waals surface area contributed by atoms with Gasteiger partial charge in [0.15, 0.2) is 0 Å². The Bertz CT molecular complexity index is 740. The molecular weight excluding hydrogens is 426 g/mol. The Morgan fingerprint density at radius 3 is 2.50 bits per heavy atom. The maximum Gasteiger partial charge on any atom is 0.203 e. The minimum atomic E-state index is 0. The number of hydrazone groups is 1. The summed E-state index contributed by atoms with van der Waals surface area (Å²) in [6.45, 7) is 0. The summed E-state index contributed by atoms with van der Waals surface area (Å²) >= 11 is 4.95. The number of nitrogens with zero attached hydrogens (tertiary/aromatic N) is 2. The highest BCUT2D eigenvalue weighted by Gasteiger charge is 2.02. The third-order valence-electron chi connectivity index (χ3n) is 2.82. The molecule has 112 valence electrons. The number of anilines is 1. The molecule has 0 amide bonds. The van der Waals surface area contributed by atoms with Gasteiger partial charge in [0.2, 0.25) is 5.13 Å². The summed E-state index contributed by atoms with van der Waals surface area (Å²) in [6.07, 6.45) is 1.77. The molecule has 0 bridgehead atoms. The van der Waals surface area contributed by atoms with Crippen LogP contribution in [-0.2, 0) is 0 Å². The summed E-state index contributed by atoms with van der Waals surface area (Å²) in [7, 11) is 0. The summed E-state index contributed by atoms with van der Waals surface area (Å²) in [6, 6.07) is 18.1. The zero-order chi connectivity index (χ0) is 14.5. The van der Waals surface area contributed by atoms with Crippen LogP contribution in [0.3, 0.4) is 0 Å². The fourth-order valence-corrected chi connectivity index (χ4v) is 2.71. The van der Waals surface area contributed by atoms with Crippen LogP contribution in [0, 0.1) is 0 Å². The van der Waals surface area contributed by atoms with Gasteiger partial charge in [-0.25, -0.2) is 4.98 Å². The van der Waals surface area contributed by atoms with E-state index < -0.39 is 0 Å². The first-order valence-corrected chi connectivity index (χ1v) is 8.04. The molecule has 0 saturated carbocycles. The van der Waals surface area contributed by atoms with Gasteiger partial charge < -0.3 is 0 Å². The second kappa shape index (κ2) is 8.22. The zero-order valence-corrected chi connectivity index (χ0v) is 15.6. The average Bonchev–Trinajstić information content (AvgIpc) is 2.99. The van der Waals surface area contributed by atoms with E-state index in [1.165, 1.54) is 11.3 Å². The van der Waals surface area contributed by atoms with E-state index in [4.69, 9.17) is 0 Å². The Hall–Kier alpha value is -1.50. The lowest BCUT2D eigenvalue weighted by molar-refractivity contribution is 1.29. The monoisotopic (exact) mass is 437 g/mol. The Labute approximate surface area is 152 Å². The zero-order valence-electron chi connectivity index (χ0n) is 11.4. The van der Waals surface area contributed by atoms with Crippen LogP contribution in [0.15, 0.2) is 69.6 Å². The van der Waals surface area contributed by atoms with Gasteiger partial charge in [-0.2, -0.15) is 5.10 Å². The smallest absolute Gasteiger partial charge is 0.203 e. The lowest BCUT2D eigenvalue weighted by atomic mass is 10.2. The molecule has 2 aromatic carbocycles. The highest BCUT2D eigenvalue weighted by Crippen LogP contribution is 2.24. The molecule has 1 aromatic heterocycles. The van der Waals surface area contributed by atoms with Gasteiger partial charge in [0.1, 0.15) is 0 Å². The van der Waals surface area contributed by atoms with Crippen LogP contribution in [0.1, 0.15) is 5.56 Å². The highest BCUT2D eigenvalue weighted by molar-refractivity contribution is 9.10. The third-order valence-corrected chi connectivity index (χ3v) is 4.09. The maximum atomic E-state index is 4.51. The second-order valence-corrected chi connectivity index (χ2v) is 6.10. The first kappa shape index (κ1) is 16.9. The number of nitrogens with one attached hydrogen (secondary N) is 1. The van der Waals surface area contributed by atoms with E-state index in [1.807, 2.05) is 60.0 Å². The quantitative estimate of drug-likeness (QED) is 0.425. The van der Waals surface area contributed by atoms with Gasteiger partial charge in [-0.3, -0.25) is 5.43 Å².